The van der Waals surface area contributed by atoms with Gasteiger partial charge in [-0.15, -0.1) is 11.3 Å². The van der Waals surface area contributed by atoms with Crippen LogP contribution in [-0.4, -0.2) is 40.0 Å². The van der Waals surface area contributed by atoms with Crippen LogP contribution in [0.25, 0.3) is 27.5 Å². The van der Waals surface area contributed by atoms with Gasteiger partial charge >= 0.3 is 5.97 Å². The van der Waals surface area contributed by atoms with E-state index in [2.05, 4.69) is 11.1 Å². The van der Waals surface area contributed by atoms with E-state index in [0.717, 1.165) is 28.6 Å². The first-order valence-electron chi connectivity index (χ1n) is 11.9. The molecule has 4 aromatic rings. The van der Waals surface area contributed by atoms with Crippen molar-refractivity contribution in [3.05, 3.63) is 69.1 Å². The van der Waals surface area contributed by atoms with Gasteiger partial charge in [0.1, 0.15) is 22.5 Å². The monoisotopic (exact) mass is 499 g/mol. The number of piperidine rings is 1. The summed E-state index contributed by atoms with van der Waals surface area (Å²) in [7, 11) is 0. The Morgan fingerprint density at radius 2 is 2.11 bits per heavy atom. The van der Waals surface area contributed by atoms with Gasteiger partial charge in [0.05, 0.1) is 33.9 Å². The number of esters is 1. The molecular weight excluding hydrogens is 474 g/mol. The van der Waals surface area contributed by atoms with Gasteiger partial charge in [0.25, 0.3) is 5.56 Å². The predicted molar refractivity (Wildman–Crippen MR) is 141 cm³/mol. The number of carbonyl (C=O) groups is 1. The fraction of sp³-hybridized carbons (Fsp3) is 0.296. The maximum absolute atomic E-state index is 13.8. The molecule has 0 aliphatic carbocycles. The number of aromatic nitrogens is 3. The second kappa shape index (κ2) is 9.91. The Kier molecular flexibility index (Phi) is 6.53. The zero-order chi connectivity index (χ0) is 25.2. The van der Waals surface area contributed by atoms with Crippen molar-refractivity contribution in [3.8, 4) is 6.07 Å². The largest absolute Gasteiger partial charge is 0.466 e. The van der Waals surface area contributed by atoms with Gasteiger partial charge in [0.2, 0.25) is 0 Å². The molecule has 1 aliphatic heterocycles. The molecule has 1 saturated heterocycles. The van der Waals surface area contributed by atoms with Crippen LogP contribution in [0.5, 0.6) is 0 Å². The lowest BCUT2D eigenvalue weighted by molar-refractivity contribution is -0.148. The van der Waals surface area contributed by atoms with E-state index in [9.17, 15) is 14.9 Å². The summed E-state index contributed by atoms with van der Waals surface area (Å²) in [6.45, 7) is 5.07. The minimum absolute atomic E-state index is 0.236. The molecule has 1 fully saturated rings. The number of aryl methyl sites for hydroxylation is 1. The summed E-state index contributed by atoms with van der Waals surface area (Å²) < 4.78 is 7.73. The van der Waals surface area contributed by atoms with Crippen molar-refractivity contribution in [3.63, 3.8) is 0 Å². The lowest BCUT2D eigenvalue weighted by Gasteiger charge is -2.33. The van der Waals surface area contributed by atoms with Gasteiger partial charge in [0.15, 0.2) is 0 Å². The lowest BCUT2D eigenvalue weighted by Crippen LogP contribution is -2.41. The van der Waals surface area contributed by atoms with Crippen LogP contribution < -0.4 is 10.5 Å². The Morgan fingerprint density at radius 1 is 1.28 bits per heavy atom. The molecule has 0 N–H and O–H groups in total. The second-order valence-electron chi connectivity index (χ2n) is 8.73. The van der Waals surface area contributed by atoms with E-state index >= 15 is 0 Å². The Hall–Kier alpha value is -4.03. The number of thiazole rings is 1. The van der Waals surface area contributed by atoms with Gasteiger partial charge in [0, 0.05) is 19.3 Å². The SMILES string of the molecule is CCOC(=O)C1CCCN(c2nc3c(C)cccn3c(=O)c2/C=C(\C#N)c2nc3ccccc3s2)C1. The zero-order valence-corrected chi connectivity index (χ0v) is 20.9. The van der Waals surface area contributed by atoms with Crippen LogP contribution in [0, 0.1) is 24.2 Å². The number of benzene rings is 1. The van der Waals surface area contributed by atoms with Crippen molar-refractivity contribution in [2.45, 2.75) is 26.7 Å². The molecule has 0 saturated carbocycles. The lowest BCUT2D eigenvalue weighted by atomic mass is 9.97. The Labute approximate surface area is 212 Å². The van der Waals surface area contributed by atoms with Crippen LogP contribution >= 0.6 is 11.3 Å². The highest BCUT2D eigenvalue weighted by molar-refractivity contribution is 7.19. The van der Waals surface area contributed by atoms with Crippen molar-refractivity contribution in [2.75, 3.05) is 24.6 Å². The molecule has 9 heteroatoms. The van der Waals surface area contributed by atoms with Crippen LogP contribution in [0.3, 0.4) is 0 Å². The van der Waals surface area contributed by atoms with Crippen molar-refractivity contribution >= 4 is 50.6 Å². The first-order chi connectivity index (χ1) is 17.5. The average Bonchev–Trinajstić information content (AvgIpc) is 3.33. The maximum atomic E-state index is 13.8. The van der Waals surface area contributed by atoms with E-state index in [1.165, 1.54) is 15.7 Å². The number of pyridine rings is 1. The molecule has 0 radical (unpaired) electrons. The fourth-order valence-electron chi connectivity index (χ4n) is 4.56. The van der Waals surface area contributed by atoms with Gasteiger partial charge in [-0.3, -0.25) is 14.0 Å². The van der Waals surface area contributed by atoms with Gasteiger partial charge < -0.3 is 9.64 Å². The van der Waals surface area contributed by atoms with Crippen molar-refractivity contribution in [2.24, 2.45) is 5.92 Å². The normalized spacial score (nSPS) is 16.3. The third-order valence-electron chi connectivity index (χ3n) is 6.34. The van der Waals surface area contributed by atoms with Crippen LogP contribution in [0.1, 0.15) is 35.9 Å². The van der Waals surface area contributed by atoms with E-state index in [1.54, 1.807) is 25.3 Å². The topological polar surface area (TPSA) is 101 Å². The van der Waals surface area contributed by atoms with Crippen molar-refractivity contribution < 1.29 is 9.53 Å². The fourth-order valence-corrected chi connectivity index (χ4v) is 5.50. The van der Waals surface area contributed by atoms with Crippen molar-refractivity contribution in [1.29, 1.82) is 5.26 Å². The van der Waals surface area contributed by atoms with Gasteiger partial charge in [-0.25, -0.2) is 9.97 Å². The van der Waals surface area contributed by atoms with Crippen molar-refractivity contribution in [1.82, 2.24) is 14.4 Å². The summed E-state index contributed by atoms with van der Waals surface area (Å²) >= 11 is 1.41. The summed E-state index contributed by atoms with van der Waals surface area (Å²) in [5.74, 6) is -0.0651. The van der Waals surface area contributed by atoms with E-state index in [1.807, 2.05) is 42.2 Å². The minimum Gasteiger partial charge on any atom is -0.466 e. The smallest absolute Gasteiger partial charge is 0.310 e. The summed E-state index contributed by atoms with van der Waals surface area (Å²) in [5.41, 5.74) is 2.53. The Balaban J connectivity index is 1.67. The van der Waals surface area contributed by atoms with Gasteiger partial charge in [-0.2, -0.15) is 5.26 Å². The number of para-hydroxylation sites is 1. The highest BCUT2D eigenvalue weighted by Crippen LogP contribution is 2.31. The first kappa shape index (κ1) is 23.7. The molecule has 36 heavy (non-hydrogen) atoms. The Morgan fingerprint density at radius 3 is 2.89 bits per heavy atom. The number of rotatable bonds is 5. The Bertz CT molecular complexity index is 1560. The van der Waals surface area contributed by atoms with Crippen LogP contribution in [0.15, 0.2) is 47.4 Å². The van der Waals surface area contributed by atoms with Crippen LogP contribution in [-0.2, 0) is 9.53 Å². The number of hydrogen-bond acceptors (Lipinski definition) is 8. The first-order valence-corrected chi connectivity index (χ1v) is 12.7. The zero-order valence-electron chi connectivity index (χ0n) is 20.1. The summed E-state index contributed by atoms with van der Waals surface area (Å²) in [5, 5.41) is 10.6. The number of nitriles is 1. The molecule has 0 spiro atoms. The number of fused-ring (bicyclic) bond motifs is 2. The molecular formula is C27H25N5O3S. The predicted octanol–water partition coefficient (Wildman–Crippen LogP) is 4.46. The molecule has 8 nitrogen and oxygen atoms in total. The molecule has 0 bridgehead atoms. The third kappa shape index (κ3) is 4.36. The third-order valence-corrected chi connectivity index (χ3v) is 7.41. The van der Waals surface area contributed by atoms with Crippen LogP contribution in [0.4, 0.5) is 5.82 Å². The molecule has 182 valence electrons. The van der Waals surface area contributed by atoms with Gasteiger partial charge in [-0.1, -0.05) is 18.2 Å². The van der Waals surface area contributed by atoms with E-state index in [4.69, 9.17) is 9.72 Å². The van der Waals surface area contributed by atoms with E-state index in [0.29, 0.717) is 47.3 Å². The molecule has 0 amide bonds. The number of carbonyl (C=O) groups excluding carboxylic acids is 1. The minimum atomic E-state index is -0.299. The maximum Gasteiger partial charge on any atom is 0.310 e. The summed E-state index contributed by atoms with van der Waals surface area (Å²) in [6.07, 6.45) is 4.76. The number of allylic oxidation sites excluding steroid dienone is 1. The van der Waals surface area contributed by atoms with E-state index < -0.39 is 0 Å². The standard InChI is InChI=1S/C27H25N5O3S/c1-3-35-27(34)18-9-7-12-31(16-18)24-20(26(33)32-13-6-8-17(2)23(32)30-24)14-19(15-28)25-29-21-10-4-5-11-22(21)36-25/h4-6,8,10-11,13-14,18H,3,7,9,12,16H2,1-2H3/b19-14+. The number of ether oxygens (including phenoxy) is 1. The molecule has 1 aromatic carbocycles. The highest BCUT2D eigenvalue weighted by atomic mass is 32.1. The molecule has 5 rings (SSSR count). The number of anilines is 1. The number of nitrogens with zero attached hydrogens (tertiary/aromatic N) is 5. The molecule has 4 heterocycles. The van der Waals surface area contributed by atoms with Gasteiger partial charge in [-0.05, 0) is 56.5 Å². The quantitative estimate of drug-likeness (QED) is 0.295. The highest BCUT2D eigenvalue weighted by Gasteiger charge is 2.30. The number of hydrogen-bond donors (Lipinski definition) is 0. The average molecular weight is 500 g/mol. The van der Waals surface area contributed by atoms with Crippen LogP contribution in [0.2, 0.25) is 0 Å². The molecule has 3 aromatic heterocycles. The summed E-state index contributed by atoms with van der Waals surface area (Å²) in [4.78, 5) is 37.7. The summed E-state index contributed by atoms with van der Waals surface area (Å²) in [6, 6.07) is 13.6. The molecule has 1 unspecified atom stereocenters. The molecule has 1 atom stereocenters. The van der Waals surface area contributed by atoms with E-state index in [-0.39, 0.29) is 17.4 Å². The molecule has 1 aliphatic rings. The second-order valence-corrected chi connectivity index (χ2v) is 9.76.